The molecule has 1 amide bonds. The van der Waals surface area contributed by atoms with Gasteiger partial charge in [0.1, 0.15) is 0 Å². The smallest absolute Gasteiger partial charge is 0.258 e. The first-order chi connectivity index (χ1) is 13.5. The van der Waals surface area contributed by atoms with Crippen molar-refractivity contribution in [1.29, 1.82) is 0 Å². The van der Waals surface area contributed by atoms with E-state index in [4.69, 9.17) is 11.6 Å². The normalized spacial score (nSPS) is 11.0. The number of benzene rings is 2. The third-order valence-electron chi connectivity index (χ3n) is 4.35. The van der Waals surface area contributed by atoms with E-state index in [0.717, 1.165) is 17.1 Å². The van der Waals surface area contributed by atoms with Crippen molar-refractivity contribution >= 4 is 29.0 Å². The summed E-state index contributed by atoms with van der Waals surface area (Å²) in [5.74, 6) is 0.865. The number of fused-ring (bicyclic) bond motifs is 1. The molecule has 4 rings (SSSR count). The van der Waals surface area contributed by atoms with Crippen LogP contribution in [-0.2, 0) is 6.54 Å². The second-order valence-corrected chi connectivity index (χ2v) is 6.95. The fraction of sp³-hybridized carbons (Fsp3) is 0.143. The van der Waals surface area contributed by atoms with E-state index in [0.29, 0.717) is 22.2 Å². The molecule has 0 saturated heterocycles. The molecule has 0 saturated carbocycles. The molecule has 0 radical (unpaired) electrons. The molecule has 2 aromatic carbocycles. The van der Waals surface area contributed by atoms with Crippen LogP contribution in [0.15, 0.2) is 60.7 Å². The molecule has 0 aliphatic heterocycles. The van der Waals surface area contributed by atoms with E-state index in [1.807, 2.05) is 50.2 Å². The number of carbonyl (C=O) groups excluding carboxylic acids is 1. The molecule has 0 fully saturated rings. The summed E-state index contributed by atoms with van der Waals surface area (Å²) >= 11 is 6.08. The fourth-order valence-corrected chi connectivity index (χ4v) is 3.27. The molecular weight excluding hydrogens is 374 g/mol. The Labute approximate surface area is 167 Å². The van der Waals surface area contributed by atoms with Crippen LogP contribution in [0, 0.1) is 13.8 Å². The molecule has 6 nitrogen and oxygen atoms in total. The number of carbonyl (C=O) groups is 1. The summed E-state index contributed by atoms with van der Waals surface area (Å²) in [5, 5.41) is 5.05. The van der Waals surface area contributed by atoms with Crippen molar-refractivity contribution in [2.24, 2.45) is 0 Å². The maximum absolute atomic E-state index is 13.2. The van der Waals surface area contributed by atoms with E-state index in [1.165, 1.54) is 0 Å². The number of nitrogens with zero attached hydrogens (tertiary/aromatic N) is 5. The quantitative estimate of drug-likeness (QED) is 0.522. The lowest BCUT2D eigenvalue weighted by Gasteiger charge is -2.21. The van der Waals surface area contributed by atoms with Gasteiger partial charge < -0.3 is 4.90 Å². The van der Waals surface area contributed by atoms with Gasteiger partial charge in [0, 0.05) is 27.7 Å². The average molecular weight is 392 g/mol. The molecule has 0 aliphatic carbocycles. The molecular formula is C21H18ClN5O. The van der Waals surface area contributed by atoms with Crippen LogP contribution in [0.2, 0.25) is 5.02 Å². The molecule has 2 heterocycles. The SMILES string of the molecule is Cc1cc(C)n2nc(CN(C(=O)c3cccc(Cl)c3)c3ccccc3)nc2n1. The lowest BCUT2D eigenvalue weighted by Crippen LogP contribution is -2.31. The highest BCUT2D eigenvalue weighted by Gasteiger charge is 2.21. The zero-order valence-electron chi connectivity index (χ0n) is 15.5. The number of aryl methyl sites for hydroxylation is 2. The van der Waals surface area contributed by atoms with Crippen molar-refractivity contribution in [2.75, 3.05) is 4.90 Å². The van der Waals surface area contributed by atoms with Gasteiger partial charge in [0.25, 0.3) is 11.7 Å². The lowest BCUT2D eigenvalue weighted by molar-refractivity contribution is 0.0984. The summed E-state index contributed by atoms with van der Waals surface area (Å²) in [5.41, 5.74) is 3.07. The minimum absolute atomic E-state index is 0.173. The Morgan fingerprint density at radius 3 is 2.57 bits per heavy atom. The molecule has 140 valence electrons. The van der Waals surface area contributed by atoms with Gasteiger partial charge in [-0.2, -0.15) is 4.98 Å². The van der Waals surface area contributed by atoms with Crippen molar-refractivity contribution in [3.63, 3.8) is 0 Å². The van der Waals surface area contributed by atoms with Gasteiger partial charge in [0.2, 0.25) is 0 Å². The largest absolute Gasteiger partial charge is 0.301 e. The molecule has 0 unspecified atom stereocenters. The molecule has 7 heteroatoms. The van der Waals surface area contributed by atoms with E-state index in [1.54, 1.807) is 33.7 Å². The molecule has 0 aliphatic rings. The zero-order valence-corrected chi connectivity index (χ0v) is 16.3. The monoisotopic (exact) mass is 391 g/mol. The highest BCUT2D eigenvalue weighted by Crippen LogP contribution is 2.21. The van der Waals surface area contributed by atoms with E-state index in [2.05, 4.69) is 15.1 Å². The zero-order chi connectivity index (χ0) is 19.7. The summed E-state index contributed by atoms with van der Waals surface area (Å²) in [6.07, 6.45) is 0. The Kier molecular flexibility index (Phi) is 4.79. The molecule has 0 bridgehead atoms. The van der Waals surface area contributed by atoms with Gasteiger partial charge in [0.05, 0.1) is 6.54 Å². The summed E-state index contributed by atoms with van der Waals surface area (Å²) < 4.78 is 1.69. The Balaban J connectivity index is 1.74. The first kappa shape index (κ1) is 18.1. The minimum Gasteiger partial charge on any atom is -0.301 e. The Bertz CT molecular complexity index is 1160. The van der Waals surface area contributed by atoms with E-state index in [-0.39, 0.29) is 12.5 Å². The standard InChI is InChI=1S/C21H18ClN5O/c1-14-11-15(2)27-21(23-14)24-19(25-27)13-26(18-9-4-3-5-10-18)20(28)16-7-6-8-17(22)12-16/h3-12H,13H2,1-2H3. The van der Waals surface area contributed by atoms with Crippen molar-refractivity contribution < 1.29 is 4.79 Å². The first-order valence-electron chi connectivity index (χ1n) is 8.83. The van der Waals surface area contributed by atoms with Gasteiger partial charge in [-0.1, -0.05) is 35.9 Å². The summed E-state index contributed by atoms with van der Waals surface area (Å²) in [6.45, 7) is 4.09. The van der Waals surface area contributed by atoms with Crippen molar-refractivity contribution in [3.05, 3.63) is 88.5 Å². The second kappa shape index (κ2) is 7.40. The van der Waals surface area contributed by atoms with Crippen molar-refractivity contribution in [1.82, 2.24) is 19.6 Å². The van der Waals surface area contributed by atoms with Crippen LogP contribution in [-0.4, -0.2) is 25.5 Å². The average Bonchev–Trinajstić information content (AvgIpc) is 3.09. The van der Waals surface area contributed by atoms with Gasteiger partial charge in [-0.25, -0.2) is 9.50 Å². The maximum Gasteiger partial charge on any atom is 0.258 e. The van der Waals surface area contributed by atoms with Gasteiger partial charge in [-0.3, -0.25) is 4.79 Å². The van der Waals surface area contributed by atoms with Gasteiger partial charge in [0.15, 0.2) is 5.82 Å². The van der Waals surface area contributed by atoms with Crippen LogP contribution in [0.1, 0.15) is 27.6 Å². The number of halogens is 1. The fourth-order valence-electron chi connectivity index (χ4n) is 3.08. The van der Waals surface area contributed by atoms with Crippen LogP contribution in [0.25, 0.3) is 5.78 Å². The molecule has 0 spiro atoms. The Morgan fingerprint density at radius 1 is 1.04 bits per heavy atom. The van der Waals surface area contributed by atoms with Gasteiger partial charge >= 0.3 is 0 Å². The Hall–Kier alpha value is -3.25. The van der Waals surface area contributed by atoms with Gasteiger partial charge in [-0.15, -0.1) is 5.10 Å². The summed E-state index contributed by atoms with van der Waals surface area (Å²) in [7, 11) is 0. The number of aromatic nitrogens is 4. The minimum atomic E-state index is -0.173. The highest BCUT2D eigenvalue weighted by atomic mass is 35.5. The van der Waals surface area contributed by atoms with Crippen LogP contribution in [0.3, 0.4) is 0 Å². The third-order valence-corrected chi connectivity index (χ3v) is 4.58. The summed E-state index contributed by atoms with van der Waals surface area (Å²) in [6, 6.07) is 18.3. The number of hydrogen-bond acceptors (Lipinski definition) is 4. The third kappa shape index (κ3) is 3.59. The number of para-hydroxylation sites is 1. The van der Waals surface area contributed by atoms with Crippen molar-refractivity contribution in [2.45, 2.75) is 20.4 Å². The van der Waals surface area contributed by atoms with E-state index >= 15 is 0 Å². The van der Waals surface area contributed by atoms with Crippen LogP contribution in [0.4, 0.5) is 5.69 Å². The molecule has 0 N–H and O–H groups in total. The highest BCUT2D eigenvalue weighted by molar-refractivity contribution is 6.31. The Morgan fingerprint density at radius 2 is 1.82 bits per heavy atom. The van der Waals surface area contributed by atoms with Crippen LogP contribution >= 0.6 is 11.6 Å². The van der Waals surface area contributed by atoms with E-state index < -0.39 is 0 Å². The number of amides is 1. The number of rotatable bonds is 4. The van der Waals surface area contributed by atoms with Crippen LogP contribution < -0.4 is 4.90 Å². The predicted molar refractivity (Wildman–Crippen MR) is 109 cm³/mol. The first-order valence-corrected chi connectivity index (χ1v) is 9.21. The number of anilines is 1. The molecule has 0 atom stereocenters. The summed E-state index contributed by atoms with van der Waals surface area (Å²) in [4.78, 5) is 23.8. The maximum atomic E-state index is 13.2. The molecule has 2 aromatic heterocycles. The predicted octanol–water partition coefficient (Wildman–Crippen LogP) is 4.24. The lowest BCUT2D eigenvalue weighted by atomic mass is 10.1. The van der Waals surface area contributed by atoms with Crippen LogP contribution in [0.5, 0.6) is 0 Å². The second-order valence-electron chi connectivity index (χ2n) is 6.52. The van der Waals surface area contributed by atoms with Gasteiger partial charge in [-0.05, 0) is 50.2 Å². The van der Waals surface area contributed by atoms with Crippen molar-refractivity contribution in [3.8, 4) is 0 Å². The molecule has 28 heavy (non-hydrogen) atoms. The molecule has 4 aromatic rings. The van der Waals surface area contributed by atoms with E-state index in [9.17, 15) is 4.79 Å². The number of hydrogen-bond donors (Lipinski definition) is 0. The topological polar surface area (TPSA) is 63.4 Å².